The lowest BCUT2D eigenvalue weighted by molar-refractivity contribution is 0.442. The molecule has 22 heavy (non-hydrogen) atoms. The Morgan fingerprint density at radius 3 is 1.45 bits per heavy atom. The molecule has 118 valence electrons. The summed E-state index contributed by atoms with van der Waals surface area (Å²) < 4.78 is 12.4. The third-order valence-electron chi connectivity index (χ3n) is 3.42. The van der Waals surface area contributed by atoms with Gasteiger partial charge >= 0.3 is 7.07 Å². The third kappa shape index (κ3) is 3.74. The van der Waals surface area contributed by atoms with E-state index < -0.39 is 7.07 Å². The van der Waals surface area contributed by atoms with Gasteiger partial charge in [0.05, 0.1) is 0 Å². The molecule has 0 atom stereocenters. The number of hydrogen-bond acceptors (Lipinski definition) is 2. The lowest BCUT2D eigenvalue weighted by Gasteiger charge is -2.28. The number of para-hydroxylation sites is 2. The average molecular weight is 338 g/mol. The molecule has 0 saturated carbocycles. The lowest BCUT2D eigenvalue weighted by atomic mass is 10.2. The van der Waals surface area contributed by atoms with Crippen molar-refractivity contribution in [1.82, 2.24) is 0 Å². The van der Waals surface area contributed by atoms with Crippen LogP contribution in [0.3, 0.4) is 0 Å². The van der Waals surface area contributed by atoms with E-state index in [1.807, 2.05) is 83.1 Å². The second-order valence-electron chi connectivity index (χ2n) is 6.36. The Morgan fingerprint density at radius 2 is 1.14 bits per heavy atom. The van der Waals surface area contributed by atoms with E-state index in [4.69, 9.17) is 20.3 Å². The van der Waals surface area contributed by atoms with E-state index in [2.05, 4.69) is 0 Å². The first-order valence-electron chi connectivity index (χ1n) is 7.32. The Labute approximate surface area is 138 Å². The van der Waals surface area contributed by atoms with Crippen LogP contribution in [0, 0.1) is 13.8 Å². The van der Waals surface area contributed by atoms with Gasteiger partial charge in [-0.25, -0.2) is 0 Å². The minimum absolute atomic E-state index is 0.320. The molecule has 0 radical (unpaired) electrons. The van der Waals surface area contributed by atoms with Crippen LogP contribution >= 0.6 is 18.3 Å². The molecule has 2 aromatic carbocycles. The quantitative estimate of drug-likeness (QED) is 0.588. The number of aryl methyl sites for hydroxylation is 2. The minimum atomic E-state index is -2.68. The molecule has 2 nitrogen and oxygen atoms in total. The van der Waals surface area contributed by atoms with Gasteiger partial charge in [0.15, 0.2) is 27.9 Å². The monoisotopic (exact) mass is 337 g/mol. The predicted octanol–water partition coefficient (Wildman–Crippen LogP) is 6.56. The smallest absolute Gasteiger partial charge is 0.290 e. The Hall–Kier alpha value is -1.24. The summed E-state index contributed by atoms with van der Waals surface area (Å²) in [7, 11) is -2.68. The highest BCUT2D eigenvalue weighted by atomic mass is 35.7. The summed E-state index contributed by atoms with van der Waals surface area (Å²) in [5.41, 5.74) is 2.09. The molecule has 0 heterocycles. The fourth-order valence-electron chi connectivity index (χ4n) is 1.86. The SMILES string of the molecule is Cc1ccccc1O[P+](Cl)(Oc1ccccc1C)C(C)(C)C. The third-order valence-corrected chi connectivity index (χ3v) is 7.82. The van der Waals surface area contributed by atoms with E-state index in [0.29, 0.717) is 0 Å². The molecule has 0 N–H and O–H groups in total. The molecule has 0 aromatic heterocycles. The van der Waals surface area contributed by atoms with E-state index in [1.54, 1.807) is 0 Å². The molecule has 0 saturated heterocycles. The Morgan fingerprint density at radius 1 is 0.773 bits per heavy atom. The van der Waals surface area contributed by atoms with Crippen molar-refractivity contribution in [1.29, 1.82) is 0 Å². The molecule has 0 bridgehead atoms. The van der Waals surface area contributed by atoms with Crippen LogP contribution in [-0.4, -0.2) is 5.16 Å². The van der Waals surface area contributed by atoms with Crippen molar-refractivity contribution in [2.75, 3.05) is 0 Å². The normalized spacial score (nSPS) is 12.1. The second kappa shape index (κ2) is 6.48. The van der Waals surface area contributed by atoms with E-state index in [0.717, 1.165) is 22.6 Å². The first-order valence-corrected chi connectivity index (χ1v) is 9.85. The number of benzene rings is 2. The van der Waals surface area contributed by atoms with Crippen LogP contribution in [0.15, 0.2) is 48.5 Å². The van der Waals surface area contributed by atoms with E-state index in [-0.39, 0.29) is 5.16 Å². The van der Waals surface area contributed by atoms with Crippen LogP contribution in [0.4, 0.5) is 0 Å². The molecule has 0 spiro atoms. The summed E-state index contributed by atoms with van der Waals surface area (Å²) in [5, 5.41) is -0.320. The molecular weight excluding hydrogens is 315 g/mol. The molecule has 4 heteroatoms. The van der Waals surface area contributed by atoms with Gasteiger partial charge in [0, 0.05) is 0 Å². The van der Waals surface area contributed by atoms with Gasteiger partial charge in [-0.2, -0.15) is 0 Å². The summed E-state index contributed by atoms with van der Waals surface area (Å²) in [6.07, 6.45) is 0. The summed E-state index contributed by atoms with van der Waals surface area (Å²) >= 11 is 6.90. The van der Waals surface area contributed by atoms with E-state index in [1.165, 1.54) is 0 Å². The van der Waals surface area contributed by atoms with Crippen molar-refractivity contribution in [3.05, 3.63) is 59.7 Å². The van der Waals surface area contributed by atoms with Crippen LogP contribution in [0.5, 0.6) is 11.5 Å². The van der Waals surface area contributed by atoms with Gasteiger partial charge in [0.25, 0.3) is 0 Å². The van der Waals surface area contributed by atoms with Gasteiger partial charge < -0.3 is 0 Å². The fraction of sp³-hybridized carbons (Fsp3) is 0.333. The lowest BCUT2D eigenvalue weighted by Crippen LogP contribution is -2.24. The van der Waals surface area contributed by atoms with Crippen LogP contribution in [0.25, 0.3) is 0 Å². The zero-order valence-electron chi connectivity index (χ0n) is 13.8. The van der Waals surface area contributed by atoms with Crippen molar-refractivity contribution in [3.8, 4) is 11.5 Å². The standard InChI is InChI=1S/C18H23ClO2P/c1-14-10-6-8-12-16(14)20-22(19,18(3,4)5)21-17-13-9-7-11-15(17)2/h6-13H,1-5H3/q+1. The topological polar surface area (TPSA) is 18.5 Å². The van der Waals surface area contributed by atoms with Gasteiger partial charge in [-0.05, 0) is 57.9 Å². The predicted molar refractivity (Wildman–Crippen MR) is 96.1 cm³/mol. The molecule has 0 fully saturated rings. The molecule has 0 aliphatic heterocycles. The van der Waals surface area contributed by atoms with Crippen LogP contribution < -0.4 is 9.05 Å². The van der Waals surface area contributed by atoms with Crippen molar-refractivity contribution >= 4 is 18.3 Å². The van der Waals surface area contributed by atoms with Crippen molar-refractivity contribution < 1.29 is 9.05 Å². The first-order chi connectivity index (χ1) is 10.2. The summed E-state index contributed by atoms with van der Waals surface area (Å²) in [6.45, 7) is 10.2. The van der Waals surface area contributed by atoms with Crippen molar-refractivity contribution in [2.45, 2.75) is 39.8 Å². The maximum atomic E-state index is 6.90. The molecule has 0 amide bonds. The zero-order valence-corrected chi connectivity index (χ0v) is 15.4. The number of hydrogen-bond donors (Lipinski definition) is 0. The highest BCUT2D eigenvalue weighted by Gasteiger charge is 2.57. The fourth-order valence-corrected chi connectivity index (χ4v) is 3.81. The number of rotatable bonds is 4. The van der Waals surface area contributed by atoms with Crippen molar-refractivity contribution in [2.24, 2.45) is 0 Å². The maximum Gasteiger partial charge on any atom is 0.464 e. The molecule has 0 aliphatic rings. The Kier molecular flexibility index (Phi) is 5.04. The minimum Gasteiger partial charge on any atom is -0.290 e. The highest BCUT2D eigenvalue weighted by molar-refractivity contribution is 7.93. The van der Waals surface area contributed by atoms with Crippen LogP contribution in [-0.2, 0) is 0 Å². The van der Waals surface area contributed by atoms with Gasteiger partial charge in [-0.3, -0.25) is 9.05 Å². The summed E-state index contributed by atoms with van der Waals surface area (Å²) in [6, 6.07) is 15.7. The second-order valence-corrected chi connectivity index (χ2v) is 10.4. The molecule has 0 aliphatic carbocycles. The highest BCUT2D eigenvalue weighted by Crippen LogP contribution is 2.73. The molecule has 2 aromatic rings. The molecule has 2 rings (SSSR count). The van der Waals surface area contributed by atoms with Gasteiger partial charge in [-0.15, -0.1) is 0 Å². The Bertz CT molecular complexity index is 602. The summed E-state index contributed by atoms with van der Waals surface area (Å²) in [5.74, 6) is 1.55. The van der Waals surface area contributed by atoms with Gasteiger partial charge in [0.1, 0.15) is 0 Å². The summed E-state index contributed by atoms with van der Waals surface area (Å²) in [4.78, 5) is 0. The van der Waals surface area contributed by atoms with Crippen molar-refractivity contribution in [3.63, 3.8) is 0 Å². The largest absolute Gasteiger partial charge is 0.464 e. The Balaban J connectivity index is 2.37. The van der Waals surface area contributed by atoms with Gasteiger partial charge in [0.2, 0.25) is 0 Å². The maximum absolute atomic E-state index is 6.90. The van der Waals surface area contributed by atoms with E-state index in [9.17, 15) is 0 Å². The average Bonchev–Trinajstić information content (AvgIpc) is 2.43. The van der Waals surface area contributed by atoms with Crippen LogP contribution in [0.1, 0.15) is 31.9 Å². The zero-order chi connectivity index (χ0) is 16.4. The van der Waals surface area contributed by atoms with Crippen LogP contribution in [0.2, 0.25) is 0 Å². The molecule has 0 unspecified atom stereocenters. The van der Waals surface area contributed by atoms with Gasteiger partial charge in [-0.1, -0.05) is 36.4 Å². The first kappa shape index (κ1) is 17.1. The number of halogens is 1. The molecular formula is C18H23ClO2P+. The van der Waals surface area contributed by atoms with E-state index >= 15 is 0 Å².